The van der Waals surface area contributed by atoms with Gasteiger partial charge in [-0.1, -0.05) is 0 Å². The zero-order valence-electron chi connectivity index (χ0n) is 15.1. The fourth-order valence-electron chi connectivity index (χ4n) is 2.86. The molecule has 1 aliphatic heterocycles. The molecule has 1 aromatic heterocycles. The van der Waals surface area contributed by atoms with Crippen molar-refractivity contribution in [2.45, 2.75) is 32.4 Å². The molecule has 25 heavy (non-hydrogen) atoms. The van der Waals surface area contributed by atoms with Gasteiger partial charge < -0.3 is 14.2 Å². The normalized spacial score (nSPS) is 14.9. The Hall–Kier alpha value is -2.34. The maximum absolute atomic E-state index is 5.81. The average Bonchev–Trinajstić information content (AvgIpc) is 2.86. The van der Waals surface area contributed by atoms with Crippen molar-refractivity contribution in [3.05, 3.63) is 42.0 Å². The summed E-state index contributed by atoms with van der Waals surface area (Å²) in [5.74, 6) is 2.37. The maximum Gasteiger partial charge on any atom is 0.164 e. The Morgan fingerprint density at radius 2 is 1.96 bits per heavy atom. The van der Waals surface area contributed by atoms with Crippen LogP contribution in [0, 0.1) is 0 Å². The van der Waals surface area contributed by atoms with Crippen LogP contribution in [0.4, 0.5) is 0 Å². The molecule has 1 aromatic carbocycles. The Morgan fingerprint density at radius 3 is 2.64 bits per heavy atom. The van der Waals surface area contributed by atoms with Crippen LogP contribution in [0.25, 0.3) is 0 Å². The third kappa shape index (κ3) is 4.39. The predicted octanol–water partition coefficient (Wildman–Crippen LogP) is 2.71. The van der Waals surface area contributed by atoms with Crippen molar-refractivity contribution in [2.75, 3.05) is 27.4 Å². The molecular weight excluding hydrogens is 318 g/mol. The van der Waals surface area contributed by atoms with E-state index < -0.39 is 0 Å². The van der Waals surface area contributed by atoms with Gasteiger partial charge in [-0.15, -0.1) is 0 Å². The maximum atomic E-state index is 5.81. The van der Waals surface area contributed by atoms with Gasteiger partial charge in [-0.2, -0.15) is 0 Å². The van der Waals surface area contributed by atoms with Gasteiger partial charge in [0, 0.05) is 55.6 Å². The molecule has 0 amide bonds. The lowest BCUT2D eigenvalue weighted by Gasteiger charge is -2.25. The van der Waals surface area contributed by atoms with Gasteiger partial charge in [-0.05, 0) is 20.0 Å². The van der Waals surface area contributed by atoms with E-state index in [-0.39, 0.29) is 0 Å². The van der Waals surface area contributed by atoms with Gasteiger partial charge in [0.1, 0.15) is 5.75 Å². The van der Waals surface area contributed by atoms with Crippen molar-refractivity contribution >= 4 is 0 Å². The molecule has 0 saturated heterocycles. The Kier molecular flexibility index (Phi) is 5.71. The molecule has 0 unspecified atom stereocenters. The minimum atomic E-state index is 0.317. The topological polar surface area (TPSA) is 56.7 Å². The van der Waals surface area contributed by atoms with Crippen molar-refractivity contribution in [2.24, 2.45) is 0 Å². The van der Waals surface area contributed by atoms with Crippen molar-refractivity contribution < 1.29 is 14.2 Å². The number of nitrogens with zero attached hydrogens (tertiary/aromatic N) is 3. The summed E-state index contributed by atoms with van der Waals surface area (Å²) in [6.07, 6.45) is 6.98. The fourth-order valence-corrected chi connectivity index (χ4v) is 2.86. The molecule has 2 heterocycles. The molecule has 0 bridgehead atoms. The molecule has 3 rings (SSSR count). The highest BCUT2D eigenvalue weighted by atomic mass is 16.5. The SMILES string of the molecule is COc1cc2c(cc1CN(C)[C@H](C)Cc1cnccn1)OCCCO2. The third-order valence-electron chi connectivity index (χ3n) is 4.44. The fraction of sp³-hybridized carbons (Fsp3) is 0.474. The number of methoxy groups -OCH3 is 1. The second-order valence-electron chi connectivity index (χ2n) is 6.33. The molecule has 0 spiro atoms. The summed E-state index contributed by atoms with van der Waals surface area (Å²) in [7, 11) is 3.79. The van der Waals surface area contributed by atoms with Crippen LogP contribution in [0.5, 0.6) is 17.2 Å². The van der Waals surface area contributed by atoms with E-state index in [0.29, 0.717) is 19.3 Å². The Balaban J connectivity index is 1.73. The van der Waals surface area contributed by atoms with E-state index in [1.807, 2.05) is 18.3 Å². The van der Waals surface area contributed by atoms with Crippen molar-refractivity contribution in [1.82, 2.24) is 14.9 Å². The quantitative estimate of drug-likeness (QED) is 0.804. The zero-order valence-corrected chi connectivity index (χ0v) is 15.1. The number of aromatic nitrogens is 2. The number of hydrogen-bond acceptors (Lipinski definition) is 6. The number of rotatable bonds is 6. The van der Waals surface area contributed by atoms with Crippen molar-refractivity contribution in [1.29, 1.82) is 0 Å². The van der Waals surface area contributed by atoms with Crippen LogP contribution in [-0.2, 0) is 13.0 Å². The van der Waals surface area contributed by atoms with E-state index >= 15 is 0 Å². The summed E-state index contributed by atoms with van der Waals surface area (Å²) in [5.41, 5.74) is 2.08. The van der Waals surface area contributed by atoms with E-state index in [1.165, 1.54) is 0 Å². The highest BCUT2D eigenvalue weighted by Crippen LogP contribution is 2.37. The van der Waals surface area contributed by atoms with Gasteiger partial charge in [0.2, 0.25) is 0 Å². The van der Waals surface area contributed by atoms with Gasteiger partial charge in [0.05, 0.1) is 26.0 Å². The first kappa shape index (κ1) is 17.5. The van der Waals surface area contributed by atoms with E-state index in [0.717, 1.165) is 47.9 Å². The van der Waals surface area contributed by atoms with Gasteiger partial charge in [-0.25, -0.2) is 0 Å². The number of benzene rings is 1. The van der Waals surface area contributed by atoms with Gasteiger partial charge in [0.15, 0.2) is 11.5 Å². The molecule has 0 fully saturated rings. The van der Waals surface area contributed by atoms with Crippen LogP contribution >= 0.6 is 0 Å². The second kappa shape index (κ2) is 8.16. The van der Waals surface area contributed by atoms with Crippen LogP contribution in [0.2, 0.25) is 0 Å². The zero-order chi connectivity index (χ0) is 17.6. The first-order valence-electron chi connectivity index (χ1n) is 8.59. The predicted molar refractivity (Wildman–Crippen MR) is 95.3 cm³/mol. The highest BCUT2D eigenvalue weighted by molar-refractivity contribution is 5.51. The first-order chi connectivity index (χ1) is 12.2. The summed E-state index contributed by atoms with van der Waals surface area (Å²) < 4.78 is 17.1. The second-order valence-corrected chi connectivity index (χ2v) is 6.33. The molecule has 134 valence electrons. The minimum Gasteiger partial charge on any atom is -0.496 e. The molecule has 1 atom stereocenters. The molecular formula is C19H25N3O3. The lowest BCUT2D eigenvalue weighted by Crippen LogP contribution is -2.30. The van der Waals surface area contributed by atoms with E-state index in [2.05, 4.69) is 28.8 Å². The van der Waals surface area contributed by atoms with Crippen LogP contribution in [0.1, 0.15) is 24.6 Å². The Bertz CT molecular complexity index is 694. The number of fused-ring (bicyclic) bond motifs is 1. The van der Waals surface area contributed by atoms with Gasteiger partial charge in [0.25, 0.3) is 0 Å². The Morgan fingerprint density at radius 1 is 1.20 bits per heavy atom. The minimum absolute atomic E-state index is 0.317. The molecule has 0 saturated carbocycles. The van der Waals surface area contributed by atoms with Crippen LogP contribution < -0.4 is 14.2 Å². The molecule has 0 aliphatic carbocycles. The van der Waals surface area contributed by atoms with Crippen LogP contribution in [0.3, 0.4) is 0 Å². The standard InChI is InChI=1S/C19H25N3O3/c1-14(9-16-12-20-5-6-21-16)22(2)13-15-10-18-19(11-17(15)23-3)25-8-4-7-24-18/h5-6,10-12,14H,4,7-9,13H2,1-3H3/t14-/m1/s1. The lowest BCUT2D eigenvalue weighted by molar-refractivity contribution is 0.242. The molecule has 1 aliphatic rings. The Labute approximate surface area is 148 Å². The molecule has 0 N–H and O–H groups in total. The van der Waals surface area contributed by atoms with E-state index in [1.54, 1.807) is 19.5 Å². The van der Waals surface area contributed by atoms with E-state index in [9.17, 15) is 0 Å². The van der Waals surface area contributed by atoms with E-state index in [4.69, 9.17) is 14.2 Å². The first-order valence-corrected chi connectivity index (χ1v) is 8.59. The van der Waals surface area contributed by atoms with Crippen LogP contribution in [0.15, 0.2) is 30.7 Å². The number of hydrogen-bond donors (Lipinski definition) is 0. The summed E-state index contributed by atoms with van der Waals surface area (Å²) in [6.45, 7) is 4.29. The van der Waals surface area contributed by atoms with Gasteiger partial charge >= 0.3 is 0 Å². The summed E-state index contributed by atoms with van der Waals surface area (Å²) in [4.78, 5) is 10.8. The molecule has 0 radical (unpaired) electrons. The summed E-state index contributed by atoms with van der Waals surface area (Å²) in [5, 5.41) is 0. The van der Waals surface area contributed by atoms with Crippen molar-refractivity contribution in [3.63, 3.8) is 0 Å². The average molecular weight is 343 g/mol. The third-order valence-corrected chi connectivity index (χ3v) is 4.44. The number of likely N-dealkylation sites (N-methyl/N-ethyl adjacent to an activating group) is 1. The summed E-state index contributed by atoms with van der Waals surface area (Å²) >= 11 is 0. The van der Waals surface area contributed by atoms with Crippen molar-refractivity contribution in [3.8, 4) is 17.2 Å². The highest BCUT2D eigenvalue weighted by Gasteiger charge is 2.18. The van der Waals surface area contributed by atoms with Gasteiger partial charge in [-0.3, -0.25) is 14.9 Å². The molecule has 6 heteroatoms. The van der Waals surface area contributed by atoms with Crippen LogP contribution in [-0.4, -0.2) is 48.3 Å². The monoisotopic (exact) mass is 343 g/mol. The molecule has 2 aromatic rings. The largest absolute Gasteiger partial charge is 0.496 e. The summed E-state index contributed by atoms with van der Waals surface area (Å²) in [6, 6.07) is 4.28. The smallest absolute Gasteiger partial charge is 0.164 e. The molecule has 6 nitrogen and oxygen atoms in total. The number of ether oxygens (including phenoxy) is 3. The lowest BCUT2D eigenvalue weighted by atomic mass is 10.1.